The SMILES string of the molecule is Cc1sc(-c2cc(Cl)cc(C(F)(F)F)c2)nc1Cn1cc(O)cn1. The Morgan fingerprint density at radius 2 is 2.04 bits per heavy atom. The van der Waals surface area contributed by atoms with Crippen LogP contribution in [0.3, 0.4) is 0 Å². The summed E-state index contributed by atoms with van der Waals surface area (Å²) in [6.07, 6.45) is -1.73. The lowest BCUT2D eigenvalue weighted by Gasteiger charge is -2.08. The van der Waals surface area contributed by atoms with E-state index in [0.717, 1.165) is 17.0 Å². The first kappa shape index (κ1) is 16.8. The molecule has 24 heavy (non-hydrogen) atoms. The van der Waals surface area contributed by atoms with Crippen molar-refractivity contribution in [2.24, 2.45) is 0 Å². The van der Waals surface area contributed by atoms with Gasteiger partial charge >= 0.3 is 6.18 Å². The van der Waals surface area contributed by atoms with Gasteiger partial charge in [0.1, 0.15) is 5.01 Å². The third-order valence-electron chi connectivity index (χ3n) is 3.30. The van der Waals surface area contributed by atoms with Crippen LogP contribution in [0.1, 0.15) is 16.1 Å². The first-order chi connectivity index (χ1) is 11.2. The molecule has 0 atom stereocenters. The van der Waals surface area contributed by atoms with E-state index in [0.29, 0.717) is 22.8 Å². The Balaban J connectivity index is 1.96. The van der Waals surface area contributed by atoms with Crippen molar-refractivity contribution < 1.29 is 18.3 Å². The molecule has 0 unspecified atom stereocenters. The second kappa shape index (κ2) is 6.10. The summed E-state index contributed by atoms with van der Waals surface area (Å²) in [7, 11) is 0. The van der Waals surface area contributed by atoms with Gasteiger partial charge in [-0.15, -0.1) is 11.3 Å². The molecular formula is C15H11ClF3N3OS. The number of aromatic nitrogens is 3. The van der Waals surface area contributed by atoms with Gasteiger partial charge in [0.25, 0.3) is 0 Å². The maximum atomic E-state index is 12.9. The van der Waals surface area contributed by atoms with Crippen molar-refractivity contribution in [3.05, 3.63) is 51.7 Å². The van der Waals surface area contributed by atoms with Crippen LogP contribution in [0.15, 0.2) is 30.6 Å². The first-order valence-corrected chi connectivity index (χ1v) is 7.98. The third kappa shape index (κ3) is 3.54. The number of hydrogen-bond donors (Lipinski definition) is 1. The highest BCUT2D eigenvalue weighted by Gasteiger charge is 2.31. The average molecular weight is 374 g/mol. The molecule has 0 radical (unpaired) electrons. The van der Waals surface area contributed by atoms with E-state index in [9.17, 15) is 18.3 Å². The van der Waals surface area contributed by atoms with Crippen LogP contribution in [0.25, 0.3) is 10.6 Å². The molecule has 2 heterocycles. The third-order valence-corrected chi connectivity index (χ3v) is 4.58. The van der Waals surface area contributed by atoms with Crippen LogP contribution in [0.4, 0.5) is 13.2 Å². The Labute approximate surface area is 144 Å². The highest BCUT2D eigenvalue weighted by molar-refractivity contribution is 7.15. The Morgan fingerprint density at radius 3 is 2.67 bits per heavy atom. The quantitative estimate of drug-likeness (QED) is 0.721. The Bertz CT molecular complexity index is 888. The van der Waals surface area contributed by atoms with Gasteiger partial charge in [0.2, 0.25) is 0 Å². The second-order valence-electron chi connectivity index (χ2n) is 5.14. The average Bonchev–Trinajstić information content (AvgIpc) is 3.04. The number of aryl methyl sites for hydroxylation is 1. The fraction of sp³-hybridized carbons (Fsp3) is 0.200. The summed E-state index contributed by atoms with van der Waals surface area (Å²) in [6, 6.07) is 3.38. The zero-order valence-corrected chi connectivity index (χ0v) is 13.9. The van der Waals surface area contributed by atoms with Crippen molar-refractivity contribution in [3.63, 3.8) is 0 Å². The van der Waals surface area contributed by atoms with Crippen LogP contribution in [0, 0.1) is 6.92 Å². The van der Waals surface area contributed by atoms with Crippen molar-refractivity contribution in [2.45, 2.75) is 19.6 Å². The lowest BCUT2D eigenvalue weighted by molar-refractivity contribution is -0.137. The van der Waals surface area contributed by atoms with Crippen molar-refractivity contribution in [1.82, 2.24) is 14.8 Å². The van der Waals surface area contributed by atoms with Gasteiger partial charge in [-0.05, 0) is 25.1 Å². The molecule has 0 aliphatic rings. The summed E-state index contributed by atoms with van der Waals surface area (Å²) in [5.41, 5.74) is 0.181. The standard InChI is InChI=1S/C15H11ClF3N3OS/c1-8-13(7-22-6-12(23)5-20-22)21-14(24-8)9-2-10(15(17,18)19)4-11(16)3-9/h2-6,23H,7H2,1H3. The van der Waals surface area contributed by atoms with Crippen molar-refractivity contribution in [2.75, 3.05) is 0 Å². The summed E-state index contributed by atoms with van der Waals surface area (Å²) in [4.78, 5) is 5.25. The maximum absolute atomic E-state index is 12.9. The smallest absolute Gasteiger partial charge is 0.416 e. The Kier molecular flexibility index (Phi) is 4.27. The summed E-state index contributed by atoms with van der Waals surface area (Å²) in [5.74, 6) is 0.0350. The van der Waals surface area contributed by atoms with Gasteiger partial charge in [-0.1, -0.05) is 11.6 Å². The van der Waals surface area contributed by atoms with Gasteiger partial charge < -0.3 is 5.11 Å². The summed E-state index contributed by atoms with van der Waals surface area (Å²) < 4.78 is 40.3. The number of alkyl halides is 3. The predicted octanol–water partition coefficient (Wildman–Crippen LogP) is 4.74. The number of nitrogens with zero attached hydrogens (tertiary/aromatic N) is 3. The second-order valence-corrected chi connectivity index (χ2v) is 6.78. The number of hydrogen-bond acceptors (Lipinski definition) is 4. The lowest BCUT2D eigenvalue weighted by atomic mass is 10.1. The molecule has 0 spiro atoms. The van der Waals surface area contributed by atoms with E-state index < -0.39 is 11.7 Å². The minimum absolute atomic E-state index is 0.00577. The molecule has 0 aliphatic heterocycles. The monoisotopic (exact) mass is 373 g/mol. The molecule has 126 valence electrons. The van der Waals surface area contributed by atoms with Gasteiger partial charge in [-0.3, -0.25) is 4.68 Å². The Morgan fingerprint density at radius 1 is 1.29 bits per heavy atom. The van der Waals surface area contributed by atoms with E-state index in [1.807, 2.05) is 6.92 Å². The maximum Gasteiger partial charge on any atom is 0.416 e. The normalized spacial score (nSPS) is 11.9. The zero-order chi connectivity index (χ0) is 17.5. The van der Waals surface area contributed by atoms with Crippen LogP contribution in [-0.4, -0.2) is 19.9 Å². The number of thiazole rings is 1. The molecule has 1 N–H and O–H groups in total. The highest BCUT2D eigenvalue weighted by atomic mass is 35.5. The zero-order valence-electron chi connectivity index (χ0n) is 12.3. The summed E-state index contributed by atoms with van der Waals surface area (Å²) >= 11 is 7.10. The van der Waals surface area contributed by atoms with E-state index in [2.05, 4.69) is 10.1 Å². The first-order valence-electron chi connectivity index (χ1n) is 6.78. The van der Waals surface area contributed by atoms with E-state index in [1.54, 1.807) is 0 Å². The molecule has 2 aromatic heterocycles. The van der Waals surface area contributed by atoms with Gasteiger partial charge in [-0.25, -0.2) is 4.98 Å². The van der Waals surface area contributed by atoms with Crippen molar-refractivity contribution in [1.29, 1.82) is 0 Å². The summed E-state index contributed by atoms with van der Waals surface area (Å²) in [6.45, 7) is 2.14. The van der Waals surface area contributed by atoms with Gasteiger partial charge in [0, 0.05) is 15.5 Å². The molecule has 0 aliphatic carbocycles. The van der Waals surface area contributed by atoms with Gasteiger partial charge in [0.15, 0.2) is 5.75 Å². The van der Waals surface area contributed by atoms with E-state index in [4.69, 9.17) is 11.6 Å². The van der Waals surface area contributed by atoms with E-state index in [1.165, 1.54) is 34.5 Å². The number of rotatable bonds is 3. The van der Waals surface area contributed by atoms with Crippen LogP contribution < -0.4 is 0 Å². The minimum atomic E-state index is -4.47. The number of aromatic hydroxyl groups is 1. The van der Waals surface area contributed by atoms with E-state index >= 15 is 0 Å². The molecule has 0 saturated heterocycles. The largest absolute Gasteiger partial charge is 0.505 e. The Hall–Kier alpha value is -2.06. The molecule has 4 nitrogen and oxygen atoms in total. The lowest BCUT2D eigenvalue weighted by Crippen LogP contribution is -2.05. The molecular weight excluding hydrogens is 363 g/mol. The molecule has 0 saturated carbocycles. The van der Waals surface area contributed by atoms with Gasteiger partial charge in [0.05, 0.1) is 30.2 Å². The van der Waals surface area contributed by atoms with Gasteiger partial charge in [-0.2, -0.15) is 18.3 Å². The molecule has 0 amide bonds. The fourth-order valence-corrected chi connectivity index (χ4v) is 3.31. The molecule has 1 aromatic carbocycles. The molecule has 0 fully saturated rings. The molecule has 3 rings (SSSR count). The van der Waals surface area contributed by atoms with Crippen LogP contribution in [0.2, 0.25) is 5.02 Å². The van der Waals surface area contributed by atoms with Crippen molar-refractivity contribution >= 4 is 22.9 Å². The number of benzene rings is 1. The minimum Gasteiger partial charge on any atom is -0.505 e. The molecule has 9 heteroatoms. The van der Waals surface area contributed by atoms with E-state index in [-0.39, 0.29) is 10.8 Å². The summed E-state index contributed by atoms with van der Waals surface area (Å²) in [5, 5.41) is 13.7. The highest BCUT2D eigenvalue weighted by Crippen LogP contribution is 2.36. The molecule has 0 bridgehead atoms. The van der Waals surface area contributed by atoms with Crippen LogP contribution in [-0.2, 0) is 12.7 Å². The van der Waals surface area contributed by atoms with Crippen LogP contribution >= 0.6 is 22.9 Å². The fourth-order valence-electron chi connectivity index (χ4n) is 2.17. The van der Waals surface area contributed by atoms with Crippen LogP contribution in [0.5, 0.6) is 5.75 Å². The molecule has 3 aromatic rings. The topological polar surface area (TPSA) is 50.9 Å². The number of halogens is 4. The predicted molar refractivity (Wildman–Crippen MR) is 85.3 cm³/mol. The van der Waals surface area contributed by atoms with Crippen molar-refractivity contribution in [3.8, 4) is 16.3 Å².